The van der Waals surface area contributed by atoms with E-state index in [4.69, 9.17) is 0 Å². The Morgan fingerprint density at radius 3 is 3.00 bits per heavy atom. The van der Waals surface area contributed by atoms with E-state index in [0.29, 0.717) is 11.3 Å². The van der Waals surface area contributed by atoms with Gasteiger partial charge in [0.05, 0.1) is 0 Å². The minimum Gasteiger partial charge on any atom is -0.312 e. The van der Waals surface area contributed by atoms with Crippen LogP contribution in [0.25, 0.3) is 0 Å². The first kappa shape index (κ1) is 12.7. The lowest BCUT2D eigenvalue weighted by Crippen LogP contribution is -2.27. The Kier molecular flexibility index (Phi) is 3.57. The number of aromatic nitrogens is 3. The summed E-state index contributed by atoms with van der Waals surface area (Å²) in [4.78, 5) is 0. The molecule has 0 amide bonds. The number of benzene rings is 1. The van der Waals surface area contributed by atoms with Crippen LogP contribution < -0.4 is 5.32 Å². The Balaban J connectivity index is 1.85. The van der Waals surface area contributed by atoms with Crippen molar-refractivity contribution in [3.8, 4) is 0 Å². The van der Waals surface area contributed by atoms with Crippen LogP contribution in [0.1, 0.15) is 24.1 Å². The average Bonchev–Trinajstić information content (AvgIpc) is 2.96. The molecule has 1 aromatic heterocycles. The van der Waals surface area contributed by atoms with E-state index in [0.717, 1.165) is 18.1 Å². The smallest absolute Gasteiger partial charge is 0.191 e. The van der Waals surface area contributed by atoms with E-state index in [-0.39, 0.29) is 0 Å². The molecule has 0 fully saturated rings. The van der Waals surface area contributed by atoms with Crippen LogP contribution in [0, 0.1) is 0 Å². The summed E-state index contributed by atoms with van der Waals surface area (Å²) in [5.41, 5.74) is 2.89. The van der Waals surface area contributed by atoms with Crippen molar-refractivity contribution in [1.29, 1.82) is 0 Å². The topological polar surface area (TPSA) is 42.7 Å². The lowest BCUT2D eigenvalue weighted by Gasteiger charge is -2.20. The summed E-state index contributed by atoms with van der Waals surface area (Å²) < 4.78 is 1.98. The molecule has 0 bridgehead atoms. The third kappa shape index (κ3) is 2.40. The van der Waals surface area contributed by atoms with E-state index in [1.54, 1.807) is 6.33 Å². The summed E-state index contributed by atoms with van der Waals surface area (Å²) in [6.45, 7) is 3.14. The summed E-state index contributed by atoms with van der Waals surface area (Å²) in [7, 11) is 1.99. The zero-order valence-corrected chi connectivity index (χ0v) is 12.0. The van der Waals surface area contributed by atoms with Crippen LogP contribution in [0.3, 0.4) is 0 Å². The lowest BCUT2D eigenvalue weighted by molar-refractivity contribution is 0.558. The quantitative estimate of drug-likeness (QED) is 0.928. The summed E-state index contributed by atoms with van der Waals surface area (Å²) in [6.07, 6.45) is 2.85. The molecule has 100 valence electrons. The zero-order chi connectivity index (χ0) is 13.2. The molecule has 0 aliphatic heterocycles. The first-order valence-corrected chi connectivity index (χ1v) is 7.49. The van der Waals surface area contributed by atoms with Gasteiger partial charge in [0.15, 0.2) is 5.16 Å². The maximum absolute atomic E-state index is 4.18. The number of fused-ring (bicyclic) bond motifs is 1. The Morgan fingerprint density at radius 2 is 2.26 bits per heavy atom. The van der Waals surface area contributed by atoms with Gasteiger partial charge in [-0.3, -0.25) is 0 Å². The molecule has 2 atom stereocenters. The Labute approximate surface area is 117 Å². The van der Waals surface area contributed by atoms with Gasteiger partial charge in [-0.2, -0.15) is 0 Å². The van der Waals surface area contributed by atoms with Crippen molar-refractivity contribution in [3.05, 3.63) is 41.7 Å². The van der Waals surface area contributed by atoms with E-state index < -0.39 is 0 Å². The van der Waals surface area contributed by atoms with Crippen LogP contribution in [0.5, 0.6) is 0 Å². The highest BCUT2D eigenvalue weighted by Crippen LogP contribution is 2.40. The van der Waals surface area contributed by atoms with Gasteiger partial charge in [0.1, 0.15) is 6.33 Å². The molecule has 3 rings (SSSR count). The molecule has 0 saturated heterocycles. The van der Waals surface area contributed by atoms with Crippen molar-refractivity contribution in [3.63, 3.8) is 0 Å². The minimum absolute atomic E-state index is 0.405. The van der Waals surface area contributed by atoms with Crippen molar-refractivity contribution >= 4 is 11.8 Å². The largest absolute Gasteiger partial charge is 0.312 e. The zero-order valence-electron chi connectivity index (χ0n) is 11.2. The standard InChI is InChI=1S/C14H18N4S/c1-3-15-13-11-7-5-4-6-10(11)8-12(13)19-14-17-16-9-18(14)2/h4-7,9,12-13,15H,3,8H2,1-2H3. The molecule has 2 unspecified atom stereocenters. The second-order valence-corrected chi connectivity index (χ2v) is 6.03. The molecule has 2 aromatic rings. The monoisotopic (exact) mass is 274 g/mol. The number of hydrogen-bond acceptors (Lipinski definition) is 4. The third-order valence-corrected chi connectivity index (χ3v) is 4.86. The second kappa shape index (κ2) is 5.35. The molecule has 1 aromatic carbocycles. The normalized spacial score (nSPS) is 21.6. The Hall–Kier alpha value is -1.33. The van der Waals surface area contributed by atoms with E-state index in [1.807, 2.05) is 23.4 Å². The van der Waals surface area contributed by atoms with E-state index in [9.17, 15) is 0 Å². The van der Waals surface area contributed by atoms with Crippen molar-refractivity contribution in [2.75, 3.05) is 6.54 Å². The summed E-state index contributed by atoms with van der Waals surface area (Å²) in [5, 5.41) is 13.2. The summed E-state index contributed by atoms with van der Waals surface area (Å²) >= 11 is 1.82. The molecular weight excluding hydrogens is 256 g/mol. The van der Waals surface area contributed by atoms with Crippen LogP contribution in [0.4, 0.5) is 0 Å². The molecule has 1 heterocycles. The summed E-state index contributed by atoms with van der Waals surface area (Å²) in [5.74, 6) is 0. The van der Waals surface area contributed by atoms with Crippen LogP contribution in [-0.4, -0.2) is 26.6 Å². The molecule has 1 N–H and O–H groups in total. The first-order valence-electron chi connectivity index (χ1n) is 6.61. The van der Waals surface area contributed by atoms with Gasteiger partial charge in [0, 0.05) is 18.3 Å². The highest BCUT2D eigenvalue weighted by molar-refractivity contribution is 7.99. The summed E-state index contributed by atoms with van der Waals surface area (Å²) in [6, 6.07) is 9.12. The average molecular weight is 274 g/mol. The Bertz CT molecular complexity index is 566. The third-order valence-electron chi connectivity index (χ3n) is 3.53. The maximum atomic E-state index is 4.18. The van der Waals surface area contributed by atoms with E-state index in [2.05, 4.69) is 46.7 Å². The predicted octanol–water partition coefficient (Wildman–Crippen LogP) is 2.18. The van der Waals surface area contributed by atoms with Crippen molar-refractivity contribution < 1.29 is 0 Å². The van der Waals surface area contributed by atoms with Gasteiger partial charge in [-0.15, -0.1) is 10.2 Å². The molecule has 1 aliphatic rings. The fourth-order valence-corrected chi connectivity index (χ4v) is 3.86. The van der Waals surface area contributed by atoms with Crippen LogP contribution in [-0.2, 0) is 13.5 Å². The fraction of sp³-hybridized carbons (Fsp3) is 0.429. The molecule has 1 aliphatic carbocycles. The van der Waals surface area contributed by atoms with Gasteiger partial charge in [-0.1, -0.05) is 43.0 Å². The molecule has 0 radical (unpaired) electrons. The predicted molar refractivity (Wildman–Crippen MR) is 77.2 cm³/mol. The molecule has 4 nitrogen and oxygen atoms in total. The van der Waals surface area contributed by atoms with Gasteiger partial charge in [-0.25, -0.2) is 0 Å². The van der Waals surface area contributed by atoms with Gasteiger partial charge >= 0.3 is 0 Å². The lowest BCUT2D eigenvalue weighted by atomic mass is 10.1. The SMILES string of the molecule is CCNC1c2ccccc2CC1Sc1nncn1C. The fourth-order valence-electron chi connectivity index (χ4n) is 2.64. The molecular formula is C14H18N4S. The van der Waals surface area contributed by atoms with E-state index >= 15 is 0 Å². The number of aryl methyl sites for hydroxylation is 1. The Morgan fingerprint density at radius 1 is 1.42 bits per heavy atom. The highest BCUT2D eigenvalue weighted by atomic mass is 32.2. The second-order valence-electron chi connectivity index (χ2n) is 4.82. The van der Waals surface area contributed by atoms with Gasteiger partial charge in [-0.05, 0) is 24.1 Å². The van der Waals surface area contributed by atoms with Crippen LogP contribution >= 0.6 is 11.8 Å². The number of rotatable bonds is 4. The van der Waals surface area contributed by atoms with Crippen molar-refractivity contribution in [2.24, 2.45) is 7.05 Å². The molecule has 0 spiro atoms. The number of thioether (sulfide) groups is 1. The molecule has 19 heavy (non-hydrogen) atoms. The van der Waals surface area contributed by atoms with Crippen molar-refractivity contribution in [2.45, 2.75) is 29.8 Å². The van der Waals surface area contributed by atoms with E-state index in [1.165, 1.54) is 11.1 Å². The van der Waals surface area contributed by atoms with Gasteiger partial charge in [0.25, 0.3) is 0 Å². The van der Waals surface area contributed by atoms with Crippen LogP contribution in [0.15, 0.2) is 35.7 Å². The minimum atomic E-state index is 0.405. The van der Waals surface area contributed by atoms with Crippen molar-refractivity contribution in [1.82, 2.24) is 20.1 Å². The van der Waals surface area contributed by atoms with Gasteiger partial charge in [0.2, 0.25) is 0 Å². The number of nitrogens with one attached hydrogen (secondary N) is 1. The molecule has 5 heteroatoms. The highest BCUT2D eigenvalue weighted by Gasteiger charge is 2.33. The maximum Gasteiger partial charge on any atom is 0.191 e. The van der Waals surface area contributed by atoms with Crippen LogP contribution in [0.2, 0.25) is 0 Å². The van der Waals surface area contributed by atoms with Gasteiger partial charge < -0.3 is 9.88 Å². The number of nitrogens with zero attached hydrogens (tertiary/aromatic N) is 3. The first-order chi connectivity index (χ1) is 9.29. The molecule has 0 saturated carbocycles. The number of hydrogen-bond donors (Lipinski definition) is 1.